The number of aromatic nitrogens is 1. The number of ether oxygens (including phenoxy) is 1. The first-order valence-electron chi connectivity index (χ1n) is 15.6. The molecule has 260 valence electrons. The third kappa shape index (κ3) is 9.56. The van der Waals surface area contributed by atoms with Crippen LogP contribution in [0.15, 0.2) is 51.0 Å². The zero-order valence-corrected chi connectivity index (χ0v) is 28.8. The van der Waals surface area contributed by atoms with Gasteiger partial charge in [0.05, 0.1) is 36.0 Å². The molecule has 2 fully saturated rings. The highest BCUT2D eigenvalue weighted by atomic mass is 32.2. The van der Waals surface area contributed by atoms with Gasteiger partial charge in [0.25, 0.3) is 15.9 Å². The second kappa shape index (κ2) is 16.4. The number of aliphatic imine (C=N–C) groups is 1. The summed E-state index contributed by atoms with van der Waals surface area (Å²) in [6, 6.07) is 7.21. The molecule has 15 nitrogen and oxygen atoms in total. The number of piperidine rings is 1. The van der Waals surface area contributed by atoms with E-state index >= 15 is 0 Å². The van der Waals surface area contributed by atoms with Gasteiger partial charge in [-0.15, -0.1) is 22.7 Å². The number of morpholine rings is 1. The number of hydrogen-bond acceptors (Lipinski definition) is 12. The van der Waals surface area contributed by atoms with Crippen molar-refractivity contribution in [3.8, 4) is 0 Å². The van der Waals surface area contributed by atoms with Crippen molar-refractivity contribution in [2.75, 3.05) is 60.9 Å². The number of rotatable bonds is 15. The lowest BCUT2D eigenvalue weighted by molar-refractivity contribution is -0.139. The van der Waals surface area contributed by atoms with Gasteiger partial charge in [0.2, 0.25) is 0 Å². The van der Waals surface area contributed by atoms with Crippen molar-refractivity contribution in [1.29, 1.82) is 0 Å². The summed E-state index contributed by atoms with van der Waals surface area (Å²) in [4.78, 5) is 38.2. The fraction of sp³-hybridized carbons (Fsp3) is 0.467. The molecule has 1 atom stereocenters. The Bertz CT molecular complexity index is 1680. The van der Waals surface area contributed by atoms with Crippen molar-refractivity contribution in [1.82, 2.24) is 15.2 Å². The zero-order valence-electron chi connectivity index (χ0n) is 26.3. The number of guanidine groups is 1. The van der Waals surface area contributed by atoms with Crippen LogP contribution in [-0.2, 0) is 26.1 Å². The van der Waals surface area contributed by atoms with E-state index in [2.05, 4.69) is 30.1 Å². The Morgan fingerprint density at radius 3 is 2.62 bits per heavy atom. The summed E-state index contributed by atoms with van der Waals surface area (Å²) in [7, 11) is -4.09. The molecule has 2 aliphatic rings. The summed E-state index contributed by atoms with van der Waals surface area (Å²) in [6.45, 7) is 6.18. The zero-order chi connectivity index (χ0) is 34.1. The number of carboxylic acid groups (broad SMARTS) is 1. The number of nitrogens with zero attached hydrogens (tertiary/aromatic N) is 4. The van der Waals surface area contributed by atoms with Gasteiger partial charge in [-0.3, -0.25) is 19.4 Å². The van der Waals surface area contributed by atoms with Crippen molar-refractivity contribution in [3.05, 3.63) is 51.7 Å². The number of anilines is 3. The van der Waals surface area contributed by atoms with Gasteiger partial charge in [-0.1, -0.05) is 6.07 Å². The summed E-state index contributed by atoms with van der Waals surface area (Å²) in [5.74, 6) is -2.05. The Morgan fingerprint density at radius 2 is 1.90 bits per heavy atom. The minimum Gasteiger partial charge on any atom is -0.480 e. The van der Waals surface area contributed by atoms with Crippen LogP contribution in [0.1, 0.15) is 41.0 Å². The number of carboxylic acids is 1. The first-order chi connectivity index (χ1) is 23.1. The summed E-state index contributed by atoms with van der Waals surface area (Å²) < 4.78 is 34.7. The number of carbonyl (C=O) groups is 2. The van der Waals surface area contributed by atoms with Gasteiger partial charge >= 0.3 is 5.97 Å². The highest BCUT2D eigenvalue weighted by Gasteiger charge is 2.27. The maximum atomic E-state index is 13.3. The fourth-order valence-electron chi connectivity index (χ4n) is 5.61. The molecule has 2 saturated heterocycles. The molecule has 18 heteroatoms. The van der Waals surface area contributed by atoms with Crippen LogP contribution in [0.3, 0.4) is 0 Å². The van der Waals surface area contributed by atoms with Gasteiger partial charge in [0, 0.05) is 49.8 Å². The number of aliphatic carboxylic acids is 1. The van der Waals surface area contributed by atoms with Crippen molar-refractivity contribution in [2.45, 2.75) is 49.2 Å². The molecule has 0 radical (unpaired) electrons. The van der Waals surface area contributed by atoms with Gasteiger partial charge in [-0.2, -0.15) is 0 Å². The van der Waals surface area contributed by atoms with Crippen LogP contribution in [0, 0.1) is 0 Å². The van der Waals surface area contributed by atoms with E-state index in [1.807, 2.05) is 5.38 Å². The molecule has 0 spiro atoms. The first-order valence-corrected chi connectivity index (χ1v) is 18.9. The lowest BCUT2D eigenvalue weighted by Gasteiger charge is -2.40. The number of nitrogens with two attached hydrogens (primary N) is 2. The van der Waals surface area contributed by atoms with Crippen molar-refractivity contribution < 1.29 is 27.9 Å². The molecule has 3 aromatic rings. The summed E-state index contributed by atoms with van der Waals surface area (Å²) >= 11 is 2.60. The topological polar surface area (TPSA) is 218 Å². The predicted molar refractivity (Wildman–Crippen MR) is 187 cm³/mol. The second-order valence-electron chi connectivity index (χ2n) is 11.5. The monoisotopic (exact) mass is 719 g/mol. The molecular formula is C30H41N9O6S3. The van der Waals surface area contributed by atoms with Gasteiger partial charge in [0.15, 0.2) is 11.1 Å². The van der Waals surface area contributed by atoms with Crippen LogP contribution in [0.25, 0.3) is 0 Å². The van der Waals surface area contributed by atoms with Crippen molar-refractivity contribution in [3.63, 3.8) is 0 Å². The normalized spacial score (nSPS) is 16.6. The highest BCUT2D eigenvalue weighted by molar-refractivity contribution is 7.92. The van der Waals surface area contributed by atoms with Crippen LogP contribution < -0.4 is 31.7 Å². The van der Waals surface area contributed by atoms with Crippen LogP contribution in [0.2, 0.25) is 0 Å². The molecule has 2 aromatic heterocycles. The van der Waals surface area contributed by atoms with E-state index in [1.54, 1.807) is 28.8 Å². The average Bonchev–Trinajstić information content (AvgIpc) is 3.75. The van der Waals surface area contributed by atoms with E-state index in [1.165, 1.54) is 18.2 Å². The Balaban J connectivity index is 1.15. The number of thiazole rings is 1. The van der Waals surface area contributed by atoms with E-state index in [0.29, 0.717) is 24.7 Å². The molecule has 8 N–H and O–H groups in total. The van der Waals surface area contributed by atoms with Crippen LogP contribution in [-0.4, -0.2) is 99.3 Å². The molecular weight excluding hydrogens is 679 g/mol. The lowest BCUT2D eigenvalue weighted by atomic mass is 10.0. The third-order valence-corrected chi connectivity index (χ3v) is 11.3. The number of carbonyl (C=O) groups excluding carboxylic acids is 1. The van der Waals surface area contributed by atoms with E-state index in [-0.39, 0.29) is 34.4 Å². The van der Waals surface area contributed by atoms with Crippen LogP contribution >= 0.6 is 22.7 Å². The molecule has 4 heterocycles. The maximum absolute atomic E-state index is 13.3. The van der Waals surface area contributed by atoms with E-state index in [4.69, 9.17) is 21.2 Å². The standard InChI is InChI=1S/C30H41N9O6S3/c31-29(32)33-9-2-5-25(28(41)42)36-27(40)26-24(8-16-46-26)37-48(43,44)23-4-1-3-20(17-23)34-18-21-19-47-30(35-21)39-10-6-22(7-11-39)38-12-14-45-15-13-38/h1,3-4,8,16-17,19,22,25,34,37H,2,5-7,9-15,18H2,(H,36,40)(H,41,42)(H4,31,32,33)/t25-/m0/s1. The van der Waals surface area contributed by atoms with Crippen LogP contribution in [0.4, 0.5) is 16.5 Å². The van der Waals surface area contributed by atoms with Crippen molar-refractivity contribution in [2.24, 2.45) is 16.5 Å². The number of benzene rings is 1. The molecule has 5 rings (SSSR count). The van der Waals surface area contributed by atoms with Gasteiger partial charge in [-0.05, 0) is 55.3 Å². The SMILES string of the molecule is NC(N)=NCCC[C@H](NC(=O)c1sccc1NS(=O)(=O)c1cccc(NCc2csc(N3CCC(N4CCOCC4)CC3)n2)c1)C(=O)O. The summed E-state index contributed by atoms with van der Waals surface area (Å²) in [5, 5.41) is 19.8. The summed E-state index contributed by atoms with van der Waals surface area (Å²) in [6.07, 6.45) is 2.61. The Hall–Kier alpha value is -3.97. The molecule has 0 bridgehead atoms. The quantitative estimate of drug-likeness (QED) is 0.0757. The predicted octanol–water partition coefficient (Wildman–Crippen LogP) is 2.16. The Morgan fingerprint density at radius 1 is 1.12 bits per heavy atom. The fourth-order valence-corrected chi connectivity index (χ4v) is 8.42. The number of amides is 1. The van der Waals surface area contributed by atoms with E-state index in [0.717, 1.165) is 74.4 Å². The Labute approximate surface area is 287 Å². The smallest absolute Gasteiger partial charge is 0.326 e. The molecule has 2 aliphatic heterocycles. The minimum absolute atomic E-state index is 0.00434. The summed E-state index contributed by atoms with van der Waals surface area (Å²) in [5.41, 5.74) is 12.1. The molecule has 0 saturated carbocycles. The maximum Gasteiger partial charge on any atom is 0.326 e. The first kappa shape index (κ1) is 35.3. The van der Waals surface area contributed by atoms with E-state index < -0.39 is 27.9 Å². The largest absolute Gasteiger partial charge is 0.480 e. The molecule has 0 aliphatic carbocycles. The number of nitrogens with one attached hydrogen (secondary N) is 3. The third-order valence-electron chi connectivity index (χ3n) is 8.12. The molecule has 0 unspecified atom stereocenters. The Kier molecular flexibility index (Phi) is 12.1. The average molecular weight is 720 g/mol. The number of thiophene rings is 1. The number of hydrogen-bond donors (Lipinski definition) is 6. The van der Waals surface area contributed by atoms with Gasteiger partial charge < -0.3 is 36.8 Å². The van der Waals surface area contributed by atoms with E-state index in [9.17, 15) is 23.1 Å². The van der Waals surface area contributed by atoms with Crippen LogP contribution in [0.5, 0.6) is 0 Å². The van der Waals surface area contributed by atoms with Gasteiger partial charge in [0.1, 0.15) is 10.9 Å². The molecule has 1 amide bonds. The minimum atomic E-state index is -4.09. The lowest BCUT2D eigenvalue weighted by Crippen LogP contribution is -2.49. The van der Waals surface area contributed by atoms with Crippen molar-refractivity contribution >= 4 is 67.0 Å². The molecule has 48 heavy (non-hydrogen) atoms. The number of sulfonamides is 1. The molecule has 1 aromatic carbocycles. The highest BCUT2D eigenvalue weighted by Crippen LogP contribution is 2.28. The second-order valence-corrected chi connectivity index (χ2v) is 14.9. The van der Waals surface area contributed by atoms with Gasteiger partial charge in [-0.25, -0.2) is 18.2 Å².